The van der Waals surface area contributed by atoms with Crippen molar-refractivity contribution in [1.82, 2.24) is 4.98 Å². The average Bonchev–Trinajstić information content (AvgIpc) is 2.12. The zero-order valence-corrected chi connectivity index (χ0v) is 9.60. The molecule has 0 spiro atoms. The first kappa shape index (κ1) is 11.6. The predicted molar refractivity (Wildman–Crippen MR) is 55.3 cm³/mol. The standard InChI is InChI=1S/C9H12BrFN2O/c1-5-6(10)3-13-8(11)7(5)9(2,12)4-14/h3,14H,4,12H2,1-2H3/t9-/m0/s1. The summed E-state index contributed by atoms with van der Waals surface area (Å²) in [6.45, 7) is 2.96. The van der Waals surface area contributed by atoms with E-state index in [-0.39, 0.29) is 12.2 Å². The average molecular weight is 263 g/mol. The Kier molecular flexibility index (Phi) is 3.24. The molecule has 0 aliphatic heterocycles. The highest BCUT2D eigenvalue weighted by atomic mass is 79.9. The molecule has 1 heterocycles. The largest absolute Gasteiger partial charge is 0.394 e. The fourth-order valence-electron chi connectivity index (χ4n) is 1.29. The van der Waals surface area contributed by atoms with Gasteiger partial charge in [-0.25, -0.2) is 4.98 Å². The molecular weight excluding hydrogens is 251 g/mol. The van der Waals surface area contributed by atoms with Crippen molar-refractivity contribution in [2.24, 2.45) is 5.73 Å². The number of hydrogen-bond acceptors (Lipinski definition) is 3. The third kappa shape index (κ3) is 1.94. The molecule has 1 aromatic heterocycles. The number of nitrogens with two attached hydrogens (primary N) is 1. The van der Waals surface area contributed by atoms with E-state index in [0.717, 1.165) is 0 Å². The molecule has 0 aliphatic rings. The van der Waals surface area contributed by atoms with Gasteiger partial charge in [0.15, 0.2) is 0 Å². The Morgan fingerprint density at radius 1 is 1.71 bits per heavy atom. The maximum Gasteiger partial charge on any atom is 0.218 e. The van der Waals surface area contributed by atoms with Gasteiger partial charge in [0.25, 0.3) is 0 Å². The topological polar surface area (TPSA) is 59.1 Å². The second-order valence-electron chi connectivity index (χ2n) is 3.47. The quantitative estimate of drug-likeness (QED) is 0.794. The van der Waals surface area contributed by atoms with Crippen molar-refractivity contribution in [3.05, 3.63) is 27.7 Å². The summed E-state index contributed by atoms with van der Waals surface area (Å²) in [5.74, 6) is -0.634. The van der Waals surface area contributed by atoms with E-state index >= 15 is 0 Å². The molecular formula is C9H12BrFN2O. The van der Waals surface area contributed by atoms with E-state index in [1.54, 1.807) is 13.8 Å². The number of hydrogen-bond donors (Lipinski definition) is 2. The molecule has 0 fully saturated rings. The normalized spacial score (nSPS) is 15.3. The van der Waals surface area contributed by atoms with Crippen molar-refractivity contribution in [1.29, 1.82) is 0 Å². The van der Waals surface area contributed by atoms with Crippen molar-refractivity contribution in [2.75, 3.05) is 6.61 Å². The molecule has 3 N–H and O–H groups in total. The minimum atomic E-state index is -1.11. The van der Waals surface area contributed by atoms with E-state index in [1.807, 2.05) is 0 Å². The summed E-state index contributed by atoms with van der Waals surface area (Å²) in [5.41, 5.74) is 5.56. The van der Waals surface area contributed by atoms with Crippen LogP contribution in [0.5, 0.6) is 0 Å². The molecule has 0 radical (unpaired) electrons. The van der Waals surface area contributed by atoms with Gasteiger partial charge in [0.2, 0.25) is 5.95 Å². The molecule has 14 heavy (non-hydrogen) atoms. The number of halogens is 2. The first-order chi connectivity index (χ1) is 6.40. The highest BCUT2D eigenvalue weighted by Gasteiger charge is 2.27. The van der Waals surface area contributed by atoms with Crippen LogP contribution in [0.25, 0.3) is 0 Å². The second kappa shape index (κ2) is 3.92. The van der Waals surface area contributed by atoms with Crippen LogP contribution in [-0.2, 0) is 5.54 Å². The van der Waals surface area contributed by atoms with Gasteiger partial charge in [-0.3, -0.25) is 0 Å². The molecule has 0 amide bonds. The first-order valence-electron chi connectivity index (χ1n) is 4.11. The number of nitrogens with zero attached hydrogens (tertiary/aromatic N) is 1. The van der Waals surface area contributed by atoms with Crippen molar-refractivity contribution in [3.8, 4) is 0 Å². The summed E-state index contributed by atoms with van der Waals surface area (Å²) in [6.07, 6.45) is 1.38. The van der Waals surface area contributed by atoms with Gasteiger partial charge in [0, 0.05) is 16.2 Å². The van der Waals surface area contributed by atoms with Crippen LogP contribution in [-0.4, -0.2) is 16.7 Å². The van der Waals surface area contributed by atoms with Crippen LogP contribution in [0, 0.1) is 12.9 Å². The van der Waals surface area contributed by atoms with Crippen LogP contribution >= 0.6 is 15.9 Å². The molecule has 0 aliphatic carbocycles. The second-order valence-corrected chi connectivity index (χ2v) is 4.33. The fourth-order valence-corrected chi connectivity index (χ4v) is 1.59. The van der Waals surface area contributed by atoms with Crippen LogP contribution < -0.4 is 5.73 Å². The van der Waals surface area contributed by atoms with Crippen LogP contribution in [0.1, 0.15) is 18.1 Å². The zero-order valence-electron chi connectivity index (χ0n) is 8.01. The fraction of sp³-hybridized carbons (Fsp3) is 0.444. The third-order valence-electron chi connectivity index (χ3n) is 2.13. The minimum Gasteiger partial charge on any atom is -0.394 e. The lowest BCUT2D eigenvalue weighted by Crippen LogP contribution is -2.39. The lowest BCUT2D eigenvalue weighted by atomic mass is 9.92. The predicted octanol–water partition coefficient (Wildman–Crippen LogP) is 1.46. The van der Waals surface area contributed by atoms with Crippen molar-refractivity contribution >= 4 is 15.9 Å². The van der Waals surface area contributed by atoms with E-state index in [9.17, 15) is 4.39 Å². The van der Waals surface area contributed by atoms with Crippen molar-refractivity contribution in [3.63, 3.8) is 0 Å². The molecule has 0 saturated carbocycles. The summed E-state index contributed by atoms with van der Waals surface area (Å²) in [5, 5.41) is 9.05. The highest BCUT2D eigenvalue weighted by molar-refractivity contribution is 9.10. The monoisotopic (exact) mass is 262 g/mol. The van der Waals surface area contributed by atoms with Crippen LogP contribution in [0.4, 0.5) is 4.39 Å². The van der Waals surface area contributed by atoms with Gasteiger partial charge in [-0.15, -0.1) is 0 Å². The smallest absolute Gasteiger partial charge is 0.218 e. The Morgan fingerprint density at radius 2 is 2.29 bits per heavy atom. The number of aliphatic hydroxyl groups excluding tert-OH is 1. The van der Waals surface area contributed by atoms with Gasteiger partial charge >= 0.3 is 0 Å². The molecule has 5 heteroatoms. The maximum atomic E-state index is 13.4. The zero-order chi connectivity index (χ0) is 10.9. The summed E-state index contributed by atoms with van der Waals surface area (Å²) < 4.78 is 14.1. The number of rotatable bonds is 2. The van der Waals surface area contributed by atoms with Gasteiger partial charge in [-0.2, -0.15) is 4.39 Å². The van der Waals surface area contributed by atoms with Gasteiger partial charge in [-0.05, 0) is 35.3 Å². The molecule has 1 aromatic rings. The van der Waals surface area contributed by atoms with Gasteiger partial charge in [0.1, 0.15) is 0 Å². The Balaban J connectivity index is 3.40. The molecule has 3 nitrogen and oxygen atoms in total. The Hall–Kier alpha value is -0.520. The molecule has 78 valence electrons. The maximum absolute atomic E-state index is 13.4. The Morgan fingerprint density at radius 3 is 2.79 bits per heavy atom. The van der Waals surface area contributed by atoms with E-state index in [4.69, 9.17) is 10.8 Å². The summed E-state index contributed by atoms with van der Waals surface area (Å²) in [4.78, 5) is 3.55. The Bertz CT molecular complexity index is 355. The van der Waals surface area contributed by atoms with Crippen LogP contribution in [0.2, 0.25) is 0 Å². The molecule has 0 unspecified atom stereocenters. The van der Waals surface area contributed by atoms with E-state index in [2.05, 4.69) is 20.9 Å². The summed E-state index contributed by atoms with van der Waals surface area (Å²) in [7, 11) is 0. The van der Waals surface area contributed by atoms with Gasteiger partial charge in [-0.1, -0.05) is 0 Å². The Labute approximate surface area is 90.3 Å². The summed E-state index contributed by atoms with van der Waals surface area (Å²) >= 11 is 3.24. The number of pyridine rings is 1. The van der Waals surface area contributed by atoms with Gasteiger partial charge < -0.3 is 10.8 Å². The van der Waals surface area contributed by atoms with E-state index in [1.165, 1.54) is 6.20 Å². The lowest BCUT2D eigenvalue weighted by Gasteiger charge is -2.24. The highest BCUT2D eigenvalue weighted by Crippen LogP contribution is 2.27. The lowest BCUT2D eigenvalue weighted by molar-refractivity contribution is 0.205. The third-order valence-corrected chi connectivity index (χ3v) is 2.93. The molecule has 0 saturated heterocycles. The number of aliphatic hydroxyl groups is 1. The van der Waals surface area contributed by atoms with Crippen LogP contribution in [0.3, 0.4) is 0 Å². The first-order valence-corrected chi connectivity index (χ1v) is 4.90. The summed E-state index contributed by atoms with van der Waals surface area (Å²) in [6, 6.07) is 0. The minimum absolute atomic E-state index is 0.245. The van der Waals surface area contributed by atoms with Gasteiger partial charge in [0.05, 0.1) is 12.1 Å². The molecule has 1 rings (SSSR count). The molecule has 0 bridgehead atoms. The molecule has 0 aromatic carbocycles. The number of aromatic nitrogens is 1. The van der Waals surface area contributed by atoms with Crippen molar-refractivity contribution < 1.29 is 9.50 Å². The van der Waals surface area contributed by atoms with E-state index in [0.29, 0.717) is 10.0 Å². The van der Waals surface area contributed by atoms with Crippen molar-refractivity contribution in [2.45, 2.75) is 19.4 Å². The molecule has 1 atom stereocenters. The van der Waals surface area contributed by atoms with E-state index < -0.39 is 11.5 Å². The van der Waals surface area contributed by atoms with Crippen LogP contribution in [0.15, 0.2) is 10.7 Å². The SMILES string of the molecule is Cc1c(Br)cnc(F)c1[C@@](C)(N)CO.